The summed E-state index contributed by atoms with van der Waals surface area (Å²) in [7, 11) is 0. The Balaban J connectivity index is 1.67. The minimum atomic E-state index is -0.110. The molecule has 1 fully saturated rings. The minimum absolute atomic E-state index is 0.0105. The first kappa shape index (κ1) is 19.9. The summed E-state index contributed by atoms with van der Waals surface area (Å²) in [6.45, 7) is 7.37. The molecule has 1 aromatic heterocycles. The Hall–Kier alpha value is -2.89. The average Bonchev–Trinajstić information content (AvgIpc) is 2.69. The highest BCUT2D eigenvalue weighted by molar-refractivity contribution is 5.90. The molecular formula is C22H28N4O2. The smallest absolute Gasteiger partial charge is 0.321 e. The maximum absolute atomic E-state index is 12.8. The number of nitrogens with one attached hydrogen (secondary N) is 1. The number of anilines is 1. The van der Waals surface area contributed by atoms with Crippen LogP contribution in [0.4, 0.5) is 10.5 Å². The van der Waals surface area contributed by atoms with Gasteiger partial charge in [-0.05, 0) is 49.9 Å². The van der Waals surface area contributed by atoms with Crippen LogP contribution in [0.25, 0.3) is 0 Å². The van der Waals surface area contributed by atoms with Gasteiger partial charge in [-0.2, -0.15) is 0 Å². The van der Waals surface area contributed by atoms with Gasteiger partial charge in [-0.25, -0.2) is 4.79 Å². The molecule has 1 N–H and O–H groups in total. The van der Waals surface area contributed by atoms with Gasteiger partial charge in [0.1, 0.15) is 0 Å². The molecule has 0 aliphatic carbocycles. The number of urea groups is 1. The predicted molar refractivity (Wildman–Crippen MR) is 110 cm³/mol. The highest BCUT2D eigenvalue weighted by Crippen LogP contribution is 2.21. The standard InChI is InChI=1S/C22H28N4O2/c1-16-8-9-21(17(2)12-16)24-22(28)25-11-5-7-20(15-25)26(18(3)27)14-19-6-4-10-23-13-19/h4,6,8-10,12-13,20H,5,7,11,14-15H2,1-3H3,(H,24,28). The summed E-state index contributed by atoms with van der Waals surface area (Å²) in [5.74, 6) is 0.0190. The highest BCUT2D eigenvalue weighted by Gasteiger charge is 2.29. The van der Waals surface area contributed by atoms with Gasteiger partial charge < -0.3 is 15.1 Å². The van der Waals surface area contributed by atoms with Gasteiger partial charge in [0.15, 0.2) is 0 Å². The Bertz CT molecular complexity index is 838. The normalized spacial score (nSPS) is 16.5. The molecule has 1 aliphatic rings. The SMILES string of the molecule is CC(=O)N(Cc1cccnc1)C1CCCN(C(=O)Nc2ccc(C)cc2C)C1. The number of likely N-dealkylation sites (tertiary alicyclic amines) is 1. The number of pyridine rings is 1. The third kappa shape index (κ3) is 4.88. The number of aryl methyl sites for hydroxylation is 2. The van der Waals surface area contributed by atoms with Gasteiger partial charge in [-0.1, -0.05) is 23.8 Å². The maximum atomic E-state index is 12.8. The van der Waals surface area contributed by atoms with E-state index < -0.39 is 0 Å². The van der Waals surface area contributed by atoms with E-state index >= 15 is 0 Å². The molecule has 1 unspecified atom stereocenters. The molecule has 0 saturated carbocycles. The number of aromatic nitrogens is 1. The number of carbonyl (C=O) groups excluding carboxylic acids is 2. The van der Waals surface area contributed by atoms with Crippen LogP contribution >= 0.6 is 0 Å². The quantitative estimate of drug-likeness (QED) is 0.879. The molecule has 28 heavy (non-hydrogen) atoms. The lowest BCUT2D eigenvalue weighted by atomic mass is 10.0. The topological polar surface area (TPSA) is 65.5 Å². The molecule has 1 aliphatic heterocycles. The molecule has 1 aromatic carbocycles. The first-order chi connectivity index (χ1) is 13.4. The van der Waals surface area contributed by atoms with Crippen molar-refractivity contribution >= 4 is 17.6 Å². The van der Waals surface area contributed by atoms with Gasteiger partial charge >= 0.3 is 6.03 Å². The third-order valence-electron chi connectivity index (χ3n) is 5.23. The number of piperidine rings is 1. The number of nitrogens with zero attached hydrogens (tertiary/aromatic N) is 3. The second kappa shape index (κ2) is 8.87. The molecule has 2 heterocycles. The second-order valence-corrected chi connectivity index (χ2v) is 7.50. The Kier molecular flexibility index (Phi) is 6.29. The summed E-state index contributed by atoms with van der Waals surface area (Å²) < 4.78 is 0. The van der Waals surface area contributed by atoms with Gasteiger partial charge in [0.05, 0.1) is 0 Å². The summed E-state index contributed by atoms with van der Waals surface area (Å²) in [5.41, 5.74) is 4.04. The van der Waals surface area contributed by atoms with Gasteiger partial charge in [0.25, 0.3) is 0 Å². The van der Waals surface area contributed by atoms with Crippen LogP contribution in [-0.4, -0.2) is 45.9 Å². The monoisotopic (exact) mass is 380 g/mol. The fourth-order valence-electron chi connectivity index (χ4n) is 3.73. The van der Waals surface area contributed by atoms with Gasteiger partial charge in [0.2, 0.25) is 5.91 Å². The van der Waals surface area contributed by atoms with E-state index in [0.717, 1.165) is 29.7 Å². The maximum Gasteiger partial charge on any atom is 0.321 e. The number of amides is 3. The molecule has 3 rings (SSSR count). The second-order valence-electron chi connectivity index (χ2n) is 7.50. The van der Waals surface area contributed by atoms with Crippen LogP contribution in [0.15, 0.2) is 42.7 Å². The number of benzene rings is 1. The minimum Gasteiger partial charge on any atom is -0.334 e. The van der Waals surface area contributed by atoms with Crippen molar-refractivity contribution in [3.63, 3.8) is 0 Å². The highest BCUT2D eigenvalue weighted by atomic mass is 16.2. The van der Waals surface area contributed by atoms with Crippen LogP contribution in [-0.2, 0) is 11.3 Å². The molecule has 1 atom stereocenters. The van der Waals surface area contributed by atoms with E-state index in [4.69, 9.17) is 0 Å². The summed E-state index contributed by atoms with van der Waals surface area (Å²) in [5, 5.41) is 3.02. The van der Waals surface area contributed by atoms with Gasteiger partial charge in [0, 0.05) is 50.7 Å². The molecular weight excluding hydrogens is 352 g/mol. The first-order valence-corrected chi connectivity index (χ1v) is 9.73. The van der Waals surface area contributed by atoms with Crippen LogP contribution in [0.3, 0.4) is 0 Å². The summed E-state index contributed by atoms with van der Waals surface area (Å²) >= 11 is 0. The molecule has 0 spiro atoms. The van der Waals surface area contributed by atoms with Crippen LogP contribution in [0.5, 0.6) is 0 Å². The zero-order valence-corrected chi connectivity index (χ0v) is 16.8. The lowest BCUT2D eigenvalue weighted by molar-refractivity contribution is -0.132. The zero-order chi connectivity index (χ0) is 20.1. The van der Waals surface area contributed by atoms with Crippen LogP contribution < -0.4 is 5.32 Å². The van der Waals surface area contributed by atoms with Crippen molar-refractivity contribution in [2.45, 2.75) is 46.2 Å². The summed E-state index contributed by atoms with van der Waals surface area (Å²) in [4.78, 5) is 32.9. The number of rotatable bonds is 4. The van der Waals surface area contributed by atoms with E-state index in [1.54, 1.807) is 19.3 Å². The molecule has 0 radical (unpaired) electrons. The van der Waals surface area contributed by atoms with Crippen molar-refractivity contribution in [3.8, 4) is 0 Å². The van der Waals surface area contributed by atoms with E-state index in [9.17, 15) is 9.59 Å². The number of carbonyl (C=O) groups is 2. The van der Waals surface area contributed by atoms with Crippen molar-refractivity contribution in [1.29, 1.82) is 0 Å². The molecule has 148 valence electrons. The van der Waals surface area contributed by atoms with Crippen LogP contribution in [0.1, 0.15) is 36.5 Å². The number of hydrogen-bond donors (Lipinski definition) is 1. The molecule has 6 heteroatoms. The van der Waals surface area contributed by atoms with E-state index in [1.165, 1.54) is 5.56 Å². The Morgan fingerprint density at radius 1 is 1.29 bits per heavy atom. The lowest BCUT2D eigenvalue weighted by Gasteiger charge is -2.39. The van der Waals surface area contributed by atoms with Crippen molar-refractivity contribution < 1.29 is 9.59 Å². The van der Waals surface area contributed by atoms with E-state index in [1.807, 2.05) is 47.9 Å². The average molecular weight is 380 g/mol. The Morgan fingerprint density at radius 2 is 2.11 bits per heavy atom. The fraction of sp³-hybridized carbons (Fsp3) is 0.409. The van der Waals surface area contributed by atoms with Gasteiger partial charge in [-0.3, -0.25) is 9.78 Å². The molecule has 1 saturated heterocycles. The molecule has 6 nitrogen and oxygen atoms in total. The van der Waals surface area contributed by atoms with Crippen molar-refractivity contribution in [1.82, 2.24) is 14.8 Å². The Labute approximate surface area is 166 Å². The van der Waals surface area contributed by atoms with Crippen molar-refractivity contribution in [3.05, 3.63) is 59.4 Å². The summed E-state index contributed by atoms with van der Waals surface area (Å²) in [6.07, 6.45) is 5.28. The van der Waals surface area contributed by atoms with E-state index in [0.29, 0.717) is 19.6 Å². The van der Waals surface area contributed by atoms with E-state index in [2.05, 4.69) is 16.4 Å². The predicted octanol–water partition coefficient (Wildman–Crippen LogP) is 3.74. The number of hydrogen-bond acceptors (Lipinski definition) is 3. The Morgan fingerprint density at radius 3 is 2.79 bits per heavy atom. The molecule has 0 bridgehead atoms. The first-order valence-electron chi connectivity index (χ1n) is 9.73. The third-order valence-corrected chi connectivity index (χ3v) is 5.23. The molecule has 3 amide bonds. The van der Waals surface area contributed by atoms with Crippen molar-refractivity contribution in [2.75, 3.05) is 18.4 Å². The lowest BCUT2D eigenvalue weighted by Crippen LogP contribution is -2.51. The van der Waals surface area contributed by atoms with Crippen LogP contribution in [0.2, 0.25) is 0 Å². The largest absolute Gasteiger partial charge is 0.334 e. The summed E-state index contributed by atoms with van der Waals surface area (Å²) in [6, 6.07) is 9.73. The van der Waals surface area contributed by atoms with E-state index in [-0.39, 0.29) is 18.0 Å². The fourth-order valence-corrected chi connectivity index (χ4v) is 3.73. The van der Waals surface area contributed by atoms with Gasteiger partial charge in [-0.15, -0.1) is 0 Å². The molecule has 2 aromatic rings. The zero-order valence-electron chi connectivity index (χ0n) is 16.8. The van der Waals surface area contributed by atoms with Crippen LogP contribution in [0, 0.1) is 13.8 Å². The van der Waals surface area contributed by atoms with Crippen molar-refractivity contribution in [2.24, 2.45) is 0 Å².